The van der Waals surface area contributed by atoms with Crippen molar-refractivity contribution in [3.05, 3.63) is 18.2 Å². The lowest BCUT2D eigenvalue weighted by Gasteiger charge is -2.08. The van der Waals surface area contributed by atoms with Crippen LogP contribution in [0.1, 0.15) is 0 Å². The number of anilines is 1. The molecule has 0 bridgehead atoms. The van der Waals surface area contributed by atoms with E-state index < -0.39 is 12.0 Å². The molecule has 96 valence electrons. The van der Waals surface area contributed by atoms with Crippen molar-refractivity contribution in [2.24, 2.45) is 4.99 Å². The van der Waals surface area contributed by atoms with E-state index >= 15 is 0 Å². The van der Waals surface area contributed by atoms with E-state index in [-0.39, 0.29) is 5.75 Å². The zero-order valence-electron chi connectivity index (χ0n) is 9.58. The first-order valence-corrected chi connectivity index (χ1v) is 6.16. The fourth-order valence-corrected chi connectivity index (χ4v) is 2.34. The minimum Gasteiger partial charge on any atom is -0.506 e. The Morgan fingerprint density at radius 1 is 1.61 bits per heavy atom. The van der Waals surface area contributed by atoms with Crippen LogP contribution in [-0.2, 0) is 4.79 Å². The number of amidine groups is 1. The first-order chi connectivity index (χ1) is 8.60. The molecule has 0 aliphatic carbocycles. The zero-order valence-corrected chi connectivity index (χ0v) is 10.4. The SMILES string of the molecule is COc1ccc(NC2=N[C@H](C(=O)O)CS2)c(O)c1. The maximum absolute atomic E-state index is 10.7. The summed E-state index contributed by atoms with van der Waals surface area (Å²) in [4.78, 5) is 14.7. The molecule has 0 spiro atoms. The Balaban J connectivity index is 2.11. The van der Waals surface area contributed by atoms with Gasteiger partial charge < -0.3 is 20.3 Å². The number of benzene rings is 1. The summed E-state index contributed by atoms with van der Waals surface area (Å²) in [5.41, 5.74) is 0.466. The normalized spacial score (nSPS) is 18.3. The maximum Gasteiger partial charge on any atom is 0.329 e. The Morgan fingerprint density at radius 2 is 2.39 bits per heavy atom. The molecule has 0 radical (unpaired) electrons. The van der Waals surface area contributed by atoms with E-state index in [1.807, 2.05) is 0 Å². The Kier molecular flexibility index (Phi) is 3.61. The summed E-state index contributed by atoms with van der Waals surface area (Å²) in [6, 6.07) is 4.08. The number of methoxy groups -OCH3 is 1. The molecular formula is C11H12N2O4S. The molecule has 0 fully saturated rings. The number of phenolic OH excluding ortho intramolecular Hbond substituents is 1. The lowest BCUT2D eigenvalue weighted by Crippen LogP contribution is -2.17. The number of thioether (sulfide) groups is 1. The van der Waals surface area contributed by atoms with Crippen LogP contribution in [0.2, 0.25) is 0 Å². The number of hydrogen-bond acceptors (Lipinski definition) is 6. The fourth-order valence-electron chi connectivity index (χ4n) is 1.43. The molecule has 0 aromatic heterocycles. The molecule has 6 nitrogen and oxygen atoms in total. The van der Waals surface area contributed by atoms with Crippen LogP contribution < -0.4 is 10.1 Å². The van der Waals surface area contributed by atoms with E-state index in [0.717, 1.165) is 0 Å². The number of hydrogen-bond donors (Lipinski definition) is 3. The molecule has 7 heteroatoms. The highest BCUT2D eigenvalue weighted by Gasteiger charge is 2.24. The molecule has 0 saturated heterocycles. The van der Waals surface area contributed by atoms with Crippen LogP contribution in [0.25, 0.3) is 0 Å². The monoisotopic (exact) mass is 268 g/mol. The van der Waals surface area contributed by atoms with Crippen LogP contribution >= 0.6 is 11.8 Å². The smallest absolute Gasteiger partial charge is 0.329 e. The topological polar surface area (TPSA) is 91.2 Å². The number of aliphatic carboxylic acids is 1. The standard InChI is InChI=1S/C11H12N2O4S/c1-17-6-2-3-7(9(14)4-6)12-11-13-8(5-18-11)10(15)16/h2-4,8,14H,5H2,1H3,(H,12,13)(H,15,16)/t8-/m0/s1. The van der Waals surface area contributed by atoms with Crippen LogP contribution in [0.3, 0.4) is 0 Å². The third-order valence-electron chi connectivity index (χ3n) is 2.38. The van der Waals surface area contributed by atoms with Crippen LogP contribution in [-0.4, -0.2) is 40.3 Å². The third kappa shape index (κ3) is 2.67. The van der Waals surface area contributed by atoms with Gasteiger partial charge in [0.15, 0.2) is 11.2 Å². The van der Waals surface area contributed by atoms with Gasteiger partial charge in [-0.25, -0.2) is 9.79 Å². The number of phenols is 1. The second-order valence-corrected chi connectivity index (χ2v) is 4.62. The average Bonchev–Trinajstić information content (AvgIpc) is 2.80. The molecule has 18 heavy (non-hydrogen) atoms. The predicted octanol–water partition coefficient (Wildman–Crippen LogP) is 1.37. The quantitative estimate of drug-likeness (QED) is 0.717. The van der Waals surface area contributed by atoms with Crippen LogP contribution in [0.4, 0.5) is 5.69 Å². The lowest BCUT2D eigenvalue weighted by atomic mass is 10.3. The van der Waals surface area contributed by atoms with Gasteiger partial charge in [-0.3, -0.25) is 0 Å². The van der Waals surface area contributed by atoms with Crippen LogP contribution in [0.5, 0.6) is 11.5 Å². The minimum atomic E-state index is -0.946. The van der Waals surface area contributed by atoms with Crippen LogP contribution in [0, 0.1) is 0 Å². The molecule has 3 N–H and O–H groups in total. The van der Waals surface area contributed by atoms with Crippen molar-refractivity contribution in [2.75, 3.05) is 18.2 Å². The molecule has 2 rings (SSSR count). The second kappa shape index (κ2) is 5.18. The number of aliphatic imine (C=N–C) groups is 1. The summed E-state index contributed by atoms with van der Waals surface area (Å²) in [6.45, 7) is 0. The Morgan fingerprint density at radius 3 is 2.94 bits per heavy atom. The minimum absolute atomic E-state index is 0.0245. The Bertz CT molecular complexity index is 504. The molecule has 1 heterocycles. The first-order valence-electron chi connectivity index (χ1n) is 5.17. The van der Waals surface area contributed by atoms with Gasteiger partial charge in [-0.2, -0.15) is 0 Å². The van der Waals surface area contributed by atoms with Crippen molar-refractivity contribution in [3.63, 3.8) is 0 Å². The number of carboxylic acid groups (broad SMARTS) is 1. The Hall–Kier alpha value is -1.89. The van der Waals surface area contributed by atoms with Crippen LogP contribution in [0.15, 0.2) is 23.2 Å². The van der Waals surface area contributed by atoms with Gasteiger partial charge >= 0.3 is 5.97 Å². The number of ether oxygens (including phenoxy) is 1. The van der Waals surface area contributed by atoms with Crippen molar-refractivity contribution < 1.29 is 19.7 Å². The molecule has 1 aliphatic heterocycles. The maximum atomic E-state index is 10.7. The molecule has 1 aromatic rings. The van der Waals surface area contributed by atoms with E-state index in [9.17, 15) is 9.90 Å². The summed E-state index contributed by atoms with van der Waals surface area (Å²) < 4.78 is 4.97. The van der Waals surface area contributed by atoms with E-state index in [1.54, 1.807) is 12.1 Å². The van der Waals surface area contributed by atoms with Gasteiger partial charge in [0.25, 0.3) is 0 Å². The molecule has 1 aromatic carbocycles. The molecule has 1 atom stereocenters. The zero-order chi connectivity index (χ0) is 13.1. The van der Waals surface area contributed by atoms with Gasteiger partial charge in [0.2, 0.25) is 0 Å². The number of nitrogens with zero attached hydrogens (tertiary/aromatic N) is 1. The summed E-state index contributed by atoms with van der Waals surface area (Å²) in [6.07, 6.45) is 0. The molecule has 0 saturated carbocycles. The molecule has 0 amide bonds. The van der Waals surface area contributed by atoms with Gasteiger partial charge in [0.05, 0.1) is 12.8 Å². The summed E-state index contributed by atoms with van der Waals surface area (Å²) in [5.74, 6) is 0.0198. The van der Waals surface area contributed by atoms with Crippen molar-refractivity contribution >= 4 is 28.6 Å². The van der Waals surface area contributed by atoms with Crippen molar-refractivity contribution in [1.29, 1.82) is 0 Å². The average molecular weight is 268 g/mol. The predicted molar refractivity (Wildman–Crippen MR) is 69.6 cm³/mol. The lowest BCUT2D eigenvalue weighted by molar-refractivity contribution is -0.137. The first kappa shape index (κ1) is 12.6. The van der Waals surface area contributed by atoms with Gasteiger partial charge in [-0.05, 0) is 12.1 Å². The molecule has 0 unspecified atom stereocenters. The highest BCUT2D eigenvalue weighted by molar-refractivity contribution is 8.14. The summed E-state index contributed by atoms with van der Waals surface area (Å²) in [5, 5.41) is 21.9. The van der Waals surface area contributed by atoms with E-state index in [0.29, 0.717) is 22.4 Å². The van der Waals surface area contributed by atoms with Gasteiger partial charge in [0, 0.05) is 11.8 Å². The van der Waals surface area contributed by atoms with E-state index in [1.165, 1.54) is 24.9 Å². The number of aromatic hydroxyl groups is 1. The summed E-state index contributed by atoms with van der Waals surface area (Å²) >= 11 is 1.31. The number of rotatable bonds is 3. The van der Waals surface area contributed by atoms with Crippen molar-refractivity contribution in [3.8, 4) is 11.5 Å². The van der Waals surface area contributed by atoms with Gasteiger partial charge in [-0.15, -0.1) is 0 Å². The van der Waals surface area contributed by atoms with Crippen molar-refractivity contribution in [1.82, 2.24) is 0 Å². The number of carbonyl (C=O) groups is 1. The van der Waals surface area contributed by atoms with Crippen molar-refractivity contribution in [2.45, 2.75) is 6.04 Å². The van der Waals surface area contributed by atoms with Gasteiger partial charge in [-0.1, -0.05) is 11.8 Å². The highest BCUT2D eigenvalue weighted by Crippen LogP contribution is 2.30. The third-order valence-corrected chi connectivity index (χ3v) is 3.35. The van der Waals surface area contributed by atoms with E-state index in [2.05, 4.69) is 10.3 Å². The van der Waals surface area contributed by atoms with Gasteiger partial charge in [0.1, 0.15) is 11.5 Å². The van der Waals surface area contributed by atoms with E-state index in [4.69, 9.17) is 9.84 Å². The number of nitrogens with one attached hydrogen (secondary N) is 1. The second-order valence-electron chi connectivity index (χ2n) is 3.61. The number of carboxylic acids is 1. The largest absolute Gasteiger partial charge is 0.506 e. The highest BCUT2D eigenvalue weighted by atomic mass is 32.2. The summed E-state index contributed by atoms with van der Waals surface area (Å²) in [7, 11) is 1.51. The molecule has 1 aliphatic rings. The Labute approximate surface area is 108 Å². The molecular weight excluding hydrogens is 256 g/mol. The fraction of sp³-hybridized carbons (Fsp3) is 0.273.